The minimum atomic E-state index is -0.133. The first-order valence-corrected chi connectivity index (χ1v) is 10.3. The largest absolute Gasteiger partial charge is 0.507 e. The van der Waals surface area contributed by atoms with Crippen LogP contribution >= 0.6 is 0 Å². The molecule has 2 aromatic rings. The fraction of sp³-hybridized carbons (Fsp3) is 0.375. The van der Waals surface area contributed by atoms with Crippen molar-refractivity contribution in [3.05, 3.63) is 58.3 Å². The Kier molecular flexibility index (Phi) is 5.58. The van der Waals surface area contributed by atoms with E-state index in [0.717, 1.165) is 42.8 Å². The summed E-state index contributed by atoms with van der Waals surface area (Å²) in [6, 6.07) is 9.23. The van der Waals surface area contributed by atoms with Crippen molar-refractivity contribution in [3.8, 4) is 17.2 Å². The lowest BCUT2D eigenvalue weighted by atomic mass is 9.98. The number of ketones is 1. The van der Waals surface area contributed by atoms with Gasteiger partial charge < -0.3 is 14.6 Å². The van der Waals surface area contributed by atoms with E-state index < -0.39 is 0 Å². The number of phenolic OH excluding ortho intramolecular Hbond substituents is 1. The van der Waals surface area contributed by atoms with Gasteiger partial charge in [-0.2, -0.15) is 0 Å². The first-order chi connectivity index (χ1) is 14.1. The molecule has 2 heterocycles. The van der Waals surface area contributed by atoms with Gasteiger partial charge in [0.15, 0.2) is 5.76 Å². The molecule has 1 fully saturated rings. The van der Waals surface area contributed by atoms with Crippen LogP contribution in [0.15, 0.2) is 36.1 Å². The lowest BCUT2D eigenvalue weighted by Gasteiger charge is -2.27. The van der Waals surface area contributed by atoms with Gasteiger partial charge in [0.1, 0.15) is 17.2 Å². The van der Waals surface area contributed by atoms with Crippen LogP contribution in [-0.2, 0) is 6.54 Å². The predicted molar refractivity (Wildman–Crippen MR) is 113 cm³/mol. The molecule has 0 spiro atoms. The molecule has 2 aliphatic heterocycles. The van der Waals surface area contributed by atoms with Crippen LogP contribution in [0.25, 0.3) is 6.08 Å². The molecule has 152 valence electrons. The predicted octanol–water partition coefficient (Wildman–Crippen LogP) is 4.70. The molecule has 2 aromatic carbocycles. The number of hydrogen-bond donors (Lipinski definition) is 1. The average Bonchev–Trinajstić information content (AvgIpc) is 3.04. The number of ether oxygens (including phenoxy) is 2. The standard InChI is InChI=1S/C24H27NO4/c1-3-28-18-9-7-17(8-10-18)14-21-23(27)22-16(2)13-20(26)19(24(22)29-21)15-25-11-5-4-6-12-25/h7-10,13-14,26H,3-6,11-12,15H2,1-2H3/b21-14-. The van der Waals surface area contributed by atoms with E-state index in [9.17, 15) is 9.90 Å². The monoisotopic (exact) mass is 393 g/mol. The SMILES string of the molecule is CCOc1ccc(/C=C2\Oc3c(CN4CCCCC4)c(O)cc(C)c3C2=O)cc1. The molecule has 4 rings (SSSR count). The summed E-state index contributed by atoms with van der Waals surface area (Å²) < 4.78 is 11.5. The molecule has 0 atom stereocenters. The second kappa shape index (κ2) is 8.29. The minimum absolute atomic E-state index is 0.133. The Morgan fingerprint density at radius 3 is 2.59 bits per heavy atom. The first kappa shape index (κ1) is 19.5. The van der Waals surface area contributed by atoms with Crippen molar-refractivity contribution in [2.45, 2.75) is 39.7 Å². The summed E-state index contributed by atoms with van der Waals surface area (Å²) in [7, 11) is 0. The summed E-state index contributed by atoms with van der Waals surface area (Å²) in [6.45, 7) is 7.00. The Hall–Kier alpha value is -2.79. The van der Waals surface area contributed by atoms with Crippen LogP contribution in [-0.4, -0.2) is 35.5 Å². The number of aromatic hydroxyl groups is 1. The maximum atomic E-state index is 13.0. The first-order valence-electron chi connectivity index (χ1n) is 10.3. The van der Waals surface area contributed by atoms with Gasteiger partial charge in [-0.05, 0) is 75.2 Å². The van der Waals surface area contributed by atoms with Gasteiger partial charge in [0.2, 0.25) is 5.78 Å². The Morgan fingerprint density at radius 2 is 1.90 bits per heavy atom. The number of phenols is 1. The normalized spacial score (nSPS) is 18.0. The summed E-state index contributed by atoms with van der Waals surface area (Å²) in [5.41, 5.74) is 2.87. The van der Waals surface area contributed by atoms with Crippen molar-refractivity contribution in [1.29, 1.82) is 0 Å². The number of carbonyl (C=O) groups is 1. The zero-order chi connectivity index (χ0) is 20.4. The maximum absolute atomic E-state index is 13.0. The Bertz CT molecular complexity index is 940. The van der Waals surface area contributed by atoms with E-state index in [1.54, 1.807) is 12.1 Å². The van der Waals surface area contributed by atoms with E-state index in [-0.39, 0.29) is 17.3 Å². The van der Waals surface area contributed by atoms with Crippen LogP contribution in [0.1, 0.15) is 53.2 Å². The van der Waals surface area contributed by atoms with Gasteiger partial charge in [-0.15, -0.1) is 0 Å². The number of aryl methyl sites for hydroxylation is 1. The third-order valence-corrected chi connectivity index (χ3v) is 5.54. The highest BCUT2D eigenvalue weighted by Gasteiger charge is 2.33. The second-order valence-corrected chi connectivity index (χ2v) is 7.67. The second-order valence-electron chi connectivity index (χ2n) is 7.67. The minimum Gasteiger partial charge on any atom is -0.507 e. The molecular weight excluding hydrogens is 366 g/mol. The van der Waals surface area contributed by atoms with E-state index in [2.05, 4.69) is 4.90 Å². The fourth-order valence-electron chi connectivity index (χ4n) is 4.05. The van der Waals surface area contributed by atoms with Crippen LogP contribution < -0.4 is 9.47 Å². The Balaban J connectivity index is 1.64. The molecule has 0 aromatic heterocycles. The molecule has 1 saturated heterocycles. The third-order valence-electron chi connectivity index (χ3n) is 5.54. The van der Waals surface area contributed by atoms with Crippen molar-refractivity contribution < 1.29 is 19.4 Å². The van der Waals surface area contributed by atoms with Gasteiger partial charge in [-0.25, -0.2) is 0 Å². The van der Waals surface area contributed by atoms with Gasteiger partial charge in [-0.1, -0.05) is 18.6 Å². The summed E-state index contributed by atoms with van der Waals surface area (Å²) in [5, 5.41) is 10.6. The summed E-state index contributed by atoms with van der Waals surface area (Å²) in [5.74, 6) is 1.66. The van der Waals surface area contributed by atoms with Crippen LogP contribution in [0, 0.1) is 6.92 Å². The molecule has 5 heteroatoms. The summed E-state index contributed by atoms with van der Waals surface area (Å²) in [6.07, 6.45) is 5.33. The van der Waals surface area contributed by atoms with E-state index >= 15 is 0 Å². The van der Waals surface area contributed by atoms with E-state index in [0.29, 0.717) is 30.0 Å². The summed E-state index contributed by atoms with van der Waals surface area (Å²) >= 11 is 0. The number of nitrogens with zero attached hydrogens (tertiary/aromatic N) is 1. The molecule has 2 aliphatic rings. The zero-order valence-corrected chi connectivity index (χ0v) is 17.0. The number of benzene rings is 2. The molecular formula is C24H27NO4. The maximum Gasteiger partial charge on any atom is 0.232 e. The van der Waals surface area contributed by atoms with Crippen molar-refractivity contribution in [2.75, 3.05) is 19.7 Å². The smallest absolute Gasteiger partial charge is 0.232 e. The lowest BCUT2D eigenvalue weighted by Crippen LogP contribution is -2.29. The average molecular weight is 393 g/mol. The molecule has 0 saturated carbocycles. The molecule has 29 heavy (non-hydrogen) atoms. The topological polar surface area (TPSA) is 59.0 Å². The van der Waals surface area contributed by atoms with E-state index in [4.69, 9.17) is 9.47 Å². The van der Waals surface area contributed by atoms with Crippen molar-refractivity contribution in [2.24, 2.45) is 0 Å². The highest BCUT2D eigenvalue weighted by atomic mass is 16.5. The quantitative estimate of drug-likeness (QED) is 0.746. The Morgan fingerprint density at radius 1 is 1.17 bits per heavy atom. The van der Waals surface area contributed by atoms with Crippen LogP contribution in [0.2, 0.25) is 0 Å². The van der Waals surface area contributed by atoms with Gasteiger partial charge in [0, 0.05) is 6.54 Å². The Labute approximate surface area is 171 Å². The van der Waals surface area contributed by atoms with Gasteiger partial charge in [0.05, 0.1) is 17.7 Å². The number of Topliss-reactive ketones (excluding diaryl/α,β-unsaturated/α-hetero) is 1. The fourth-order valence-corrected chi connectivity index (χ4v) is 4.05. The van der Waals surface area contributed by atoms with Gasteiger partial charge in [-0.3, -0.25) is 9.69 Å². The van der Waals surface area contributed by atoms with E-state index in [1.807, 2.05) is 38.1 Å². The number of hydrogen-bond acceptors (Lipinski definition) is 5. The summed E-state index contributed by atoms with van der Waals surface area (Å²) in [4.78, 5) is 15.3. The number of likely N-dealkylation sites (tertiary alicyclic amines) is 1. The lowest BCUT2D eigenvalue weighted by molar-refractivity contribution is 0.101. The number of carbonyl (C=O) groups excluding carboxylic acids is 1. The third kappa shape index (κ3) is 4.01. The van der Waals surface area contributed by atoms with Crippen molar-refractivity contribution in [1.82, 2.24) is 4.90 Å². The molecule has 0 radical (unpaired) electrons. The molecule has 0 bridgehead atoms. The van der Waals surface area contributed by atoms with Crippen molar-refractivity contribution in [3.63, 3.8) is 0 Å². The van der Waals surface area contributed by atoms with Crippen LogP contribution in [0.5, 0.6) is 17.2 Å². The molecule has 0 aliphatic carbocycles. The number of allylic oxidation sites excluding steroid dienone is 1. The zero-order valence-electron chi connectivity index (χ0n) is 17.0. The van der Waals surface area contributed by atoms with E-state index in [1.165, 1.54) is 6.42 Å². The van der Waals surface area contributed by atoms with Gasteiger partial charge >= 0.3 is 0 Å². The van der Waals surface area contributed by atoms with Crippen LogP contribution in [0.3, 0.4) is 0 Å². The molecule has 0 amide bonds. The molecule has 5 nitrogen and oxygen atoms in total. The highest BCUT2D eigenvalue weighted by Crippen LogP contribution is 2.42. The highest BCUT2D eigenvalue weighted by molar-refractivity contribution is 6.15. The number of rotatable bonds is 5. The van der Waals surface area contributed by atoms with Crippen molar-refractivity contribution >= 4 is 11.9 Å². The number of piperidine rings is 1. The molecule has 0 unspecified atom stereocenters. The van der Waals surface area contributed by atoms with Gasteiger partial charge in [0.25, 0.3) is 0 Å². The number of fused-ring (bicyclic) bond motifs is 1. The molecule has 1 N–H and O–H groups in total. The van der Waals surface area contributed by atoms with Crippen LogP contribution in [0.4, 0.5) is 0 Å².